The van der Waals surface area contributed by atoms with E-state index in [0.717, 1.165) is 5.56 Å². The highest BCUT2D eigenvalue weighted by molar-refractivity contribution is 6.31. The van der Waals surface area contributed by atoms with E-state index in [9.17, 15) is 14.4 Å². The molecule has 1 aromatic heterocycles. The van der Waals surface area contributed by atoms with E-state index in [0.29, 0.717) is 11.4 Å². The van der Waals surface area contributed by atoms with Crippen molar-refractivity contribution >= 4 is 29.4 Å². The monoisotopic (exact) mass is 335 g/mol. The van der Waals surface area contributed by atoms with Gasteiger partial charge in [0.1, 0.15) is 0 Å². The first-order valence-electron chi connectivity index (χ1n) is 6.83. The van der Waals surface area contributed by atoms with Crippen LogP contribution in [-0.2, 0) is 20.7 Å². The van der Waals surface area contributed by atoms with E-state index in [2.05, 4.69) is 5.32 Å². The summed E-state index contributed by atoms with van der Waals surface area (Å²) in [5.41, 5.74) is 0.823. The number of hydrogen-bond donors (Lipinski definition) is 1. The fraction of sp³-hybridized carbons (Fsp3) is 0.188. The zero-order valence-corrected chi connectivity index (χ0v) is 12.8. The molecule has 0 saturated carbocycles. The number of nitrogens with one attached hydrogen (secondary N) is 1. The highest BCUT2D eigenvalue weighted by Gasteiger charge is 2.14. The highest BCUT2D eigenvalue weighted by atomic mass is 35.5. The summed E-state index contributed by atoms with van der Waals surface area (Å²) in [6.45, 7) is -0.534. The Balaban J connectivity index is 1.71. The zero-order valence-electron chi connectivity index (χ0n) is 12.1. The van der Waals surface area contributed by atoms with Gasteiger partial charge in [0.05, 0.1) is 6.26 Å². The number of furan rings is 1. The van der Waals surface area contributed by atoms with Crippen molar-refractivity contribution in [3.05, 3.63) is 59.0 Å². The predicted molar refractivity (Wildman–Crippen MR) is 81.9 cm³/mol. The first-order valence-corrected chi connectivity index (χ1v) is 7.21. The number of rotatable bonds is 6. The minimum atomic E-state index is -0.725. The summed E-state index contributed by atoms with van der Waals surface area (Å²) in [7, 11) is 0. The molecular weight excluding hydrogens is 322 g/mol. The number of aryl methyl sites for hydroxylation is 1. The van der Waals surface area contributed by atoms with E-state index in [1.54, 1.807) is 12.1 Å². The van der Waals surface area contributed by atoms with E-state index in [1.165, 1.54) is 18.4 Å². The van der Waals surface area contributed by atoms with Gasteiger partial charge >= 0.3 is 5.97 Å². The minimum absolute atomic E-state index is 0.00314. The Bertz CT molecular complexity index is 696. The second-order valence-electron chi connectivity index (χ2n) is 4.61. The Kier molecular flexibility index (Phi) is 5.94. The van der Waals surface area contributed by atoms with Crippen molar-refractivity contribution in [3.8, 4) is 0 Å². The molecule has 2 rings (SSSR count). The largest absolute Gasteiger partial charge is 0.459 e. The molecule has 2 amide bonds. The molecule has 0 unspecified atom stereocenters. The van der Waals surface area contributed by atoms with E-state index in [-0.39, 0.29) is 12.2 Å². The summed E-state index contributed by atoms with van der Waals surface area (Å²) < 4.78 is 9.64. The minimum Gasteiger partial charge on any atom is -0.459 e. The molecule has 0 fully saturated rings. The topological polar surface area (TPSA) is 85.6 Å². The number of esters is 1. The third-order valence-corrected chi connectivity index (χ3v) is 3.29. The molecule has 1 N–H and O–H groups in total. The van der Waals surface area contributed by atoms with Crippen LogP contribution in [0.25, 0.3) is 0 Å². The Hall–Kier alpha value is -2.60. The molecule has 120 valence electrons. The normalized spacial score (nSPS) is 10.1. The van der Waals surface area contributed by atoms with Gasteiger partial charge in [0.25, 0.3) is 11.8 Å². The molecule has 0 aliphatic heterocycles. The first kappa shape index (κ1) is 16.8. The van der Waals surface area contributed by atoms with Crippen molar-refractivity contribution in [3.63, 3.8) is 0 Å². The maximum atomic E-state index is 11.6. The van der Waals surface area contributed by atoms with Gasteiger partial charge in [0.15, 0.2) is 12.4 Å². The van der Waals surface area contributed by atoms with Gasteiger partial charge in [0.2, 0.25) is 0 Å². The summed E-state index contributed by atoms with van der Waals surface area (Å²) in [6.07, 6.45) is 1.81. The van der Waals surface area contributed by atoms with Crippen molar-refractivity contribution < 1.29 is 23.5 Å². The summed E-state index contributed by atoms with van der Waals surface area (Å²) in [5.74, 6) is -1.96. The fourth-order valence-electron chi connectivity index (χ4n) is 1.79. The quantitative estimate of drug-likeness (QED) is 0.819. The van der Waals surface area contributed by atoms with E-state index >= 15 is 0 Å². The Morgan fingerprint density at radius 3 is 2.61 bits per heavy atom. The number of hydrogen-bond acceptors (Lipinski definition) is 5. The van der Waals surface area contributed by atoms with Gasteiger partial charge in [-0.1, -0.05) is 29.8 Å². The van der Waals surface area contributed by atoms with Crippen LogP contribution in [0.3, 0.4) is 0 Å². The Morgan fingerprint density at radius 2 is 1.91 bits per heavy atom. The number of benzene rings is 1. The Labute approximate surface area is 137 Å². The maximum Gasteiger partial charge on any atom is 0.306 e. The lowest BCUT2D eigenvalue weighted by Gasteiger charge is -2.06. The first-order chi connectivity index (χ1) is 11.1. The zero-order chi connectivity index (χ0) is 16.7. The molecule has 23 heavy (non-hydrogen) atoms. The van der Waals surface area contributed by atoms with E-state index < -0.39 is 24.4 Å². The van der Waals surface area contributed by atoms with Crippen LogP contribution in [0.2, 0.25) is 5.02 Å². The number of imide groups is 1. The fourth-order valence-corrected chi connectivity index (χ4v) is 2.02. The number of carbonyl (C=O) groups is 3. The third-order valence-electron chi connectivity index (χ3n) is 2.92. The van der Waals surface area contributed by atoms with Crippen molar-refractivity contribution in [1.82, 2.24) is 5.32 Å². The van der Waals surface area contributed by atoms with Gasteiger partial charge < -0.3 is 9.15 Å². The van der Waals surface area contributed by atoms with Crippen LogP contribution < -0.4 is 5.32 Å². The van der Waals surface area contributed by atoms with Crippen molar-refractivity contribution in [2.45, 2.75) is 12.8 Å². The van der Waals surface area contributed by atoms with Crippen LogP contribution in [0, 0.1) is 0 Å². The lowest BCUT2D eigenvalue weighted by molar-refractivity contribution is -0.148. The summed E-state index contributed by atoms with van der Waals surface area (Å²) >= 11 is 5.98. The highest BCUT2D eigenvalue weighted by Crippen LogP contribution is 2.16. The van der Waals surface area contributed by atoms with Crippen LogP contribution in [0.15, 0.2) is 47.1 Å². The van der Waals surface area contributed by atoms with E-state index in [4.69, 9.17) is 20.8 Å². The molecule has 2 aromatic rings. The van der Waals surface area contributed by atoms with Crippen molar-refractivity contribution in [2.24, 2.45) is 0 Å². The van der Waals surface area contributed by atoms with Crippen LogP contribution in [-0.4, -0.2) is 24.4 Å². The van der Waals surface area contributed by atoms with Crippen molar-refractivity contribution in [1.29, 1.82) is 0 Å². The molecular formula is C16H14ClNO5. The molecule has 1 heterocycles. The standard InChI is InChI=1S/C16H14ClNO5/c17-12-5-2-1-4-11(12)7-8-15(20)23-10-14(19)18-16(21)13-6-3-9-22-13/h1-6,9H,7-8,10H2,(H,18,19,21). The SMILES string of the molecule is O=C(COC(=O)CCc1ccccc1Cl)NC(=O)c1ccco1. The molecule has 0 bridgehead atoms. The summed E-state index contributed by atoms with van der Waals surface area (Å²) in [5, 5.41) is 2.62. The Morgan fingerprint density at radius 1 is 1.13 bits per heavy atom. The molecule has 0 aliphatic rings. The lowest BCUT2D eigenvalue weighted by Crippen LogP contribution is -2.34. The third kappa shape index (κ3) is 5.27. The van der Waals surface area contributed by atoms with Crippen LogP contribution in [0.5, 0.6) is 0 Å². The molecule has 7 heteroatoms. The molecule has 0 spiro atoms. The number of carbonyl (C=O) groups excluding carboxylic acids is 3. The van der Waals surface area contributed by atoms with Gasteiger partial charge in [-0.3, -0.25) is 19.7 Å². The smallest absolute Gasteiger partial charge is 0.306 e. The molecule has 0 atom stereocenters. The second-order valence-corrected chi connectivity index (χ2v) is 5.01. The molecule has 6 nitrogen and oxygen atoms in total. The van der Waals surface area contributed by atoms with Gasteiger partial charge in [-0.15, -0.1) is 0 Å². The van der Waals surface area contributed by atoms with E-state index in [1.807, 2.05) is 12.1 Å². The predicted octanol–water partition coefficient (Wildman–Crippen LogP) is 2.37. The maximum absolute atomic E-state index is 11.6. The van der Waals surface area contributed by atoms with Crippen molar-refractivity contribution in [2.75, 3.05) is 6.61 Å². The molecule has 0 saturated heterocycles. The van der Waals surface area contributed by atoms with Gasteiger partial charge in [0, 0.05) is 11.4 Å². The van der Waals surface area contributed by atoms with Gasteiger partial charge in [-0.25, -0.2) is 0 Å². The van der Waals surface area contributed by atoms with Gasteiger partial charge in [-0.05, 0) is 30.2 Å². The average Bonchev–Trinajstić information content (AvgIpc) is 3.06. The van der Waals surface area contributed by atoms with Gasteiger partial charge in [-0.2, -0.15) is 0 Å². The number of halogens is 1. The number of ether oxygens (including phenoxy) is 1. The van der Waals surface area contributed by atoms with Crippen LogP contribution in [0.4, 0.5) is 0 Å². The second kappa shape index (κ2) is 8.14. The molecule has 0 aliphatic carbocycles. The van der Waals surface area contributed by atoms with Crippen LogP contribution >= 0.6 is 11.6 Å². The molecule has 0 radical (unpaired) electrons. The van der Waals surface area contributed by atoms with Crippen LogP contribution in [0.1, 0.15) is 22.5 Å². The molecule has 1 aromatic carbocycles. The average molecular weight is 336 g/mol. The lowest BCUT2D eigenvalue weighted by atomic mass is 10.1. The number of amides is 2. The summed E-state index contributed by atoms with van der Waals surface area (Å²) in [6, 6.07) is 10.1. The summed E-state index contributed by atoms with van der Waals surface area (Å²) in [4.78, 5) is 34.6.